The molecular weight excluding hydrogens is 232 g/mol. The van der Waals surface area contributed by atoms with Crippen LogP contribution < -0.4 is 0 Å². The molecule has 104 valence electrons. The zero-order valence-electron chi connectivity index (χ0n) is 11.6. The number of carbonyl (C=O) groups is 1. The van der Waals surface area contributed by atoms with Gasteiger partial charge in [0.05, 0.1) is 18.2 Å². The molecule has 2 unspecified atom stereocenters. The maximum atomic E-state index is 12.4. The number of ether oxygens (including phenoxy) is 1. The van der Waals surface area contributed by atoms with Crippen LogP contribution in [0.3, 0.4) is 0 Å². The topological polar surface area (TPSA) is 53.0 Å². The maximum absolute atomic E-state index is 12.4. The van der Waals surface area contributed by atoms with Crippen LogP contribution in [0.5, 0.6) is 0 Å². The first kappa shape index (κ1) is 13.8. The van der Waals surface area contributed by atoms with E-state index in [2.05, 4.69) is 13.8 Å². The summed E-state index contributed by atoms with van der Waals surface area (Å²) in [5, 5.41) is 9.36. The lowest BCUT2D eigenvalue weighted by atomic mass is 9.94. The van der Waals surface area contributed by atoms with E-state index in [1.807, 2.05) is 16.8 Å². The van der Waals surface area contributed by atoms with Gasteiger partial charge < -0.3 is 14.7 Å². The maximum Gasteiger partial charge on any atom is 0.242 e. The molecule has 1 N–H and O–H groups in total. The Bertz CT molecular complexity index is 313. The van der Waals surface area contributed by atoms with E-state index >= 15 is 0 Å². The summed E-state index contributed by atoms with van der Waals surface area (Å²) < 4.78 is 5.62. The van der Waals surface area contributed by atoms with Crippen LogP contribution >= 0.6 is 0 Å². The third-order valence-corrected chi connectivity index (χ3v) is 4.03. The number of hydrogen-bond donors (Lipinski definition) is 1. The number of aliphatic hydroxyl groups is 1. The molecule has 2 aliphatic rings. The van der Waals surface area contributed by atoms with E-state index in [4.69, 9.17) is 4.74 Å². The van der Waals surface area contributed by atoms with Crippen molar-refractivity contribution in [3.8, 4) is 0 Å². The van der Waals surface area contributed by atoms with Gasteiger partial charge >= 0.3 is 0 Å². The predicted molar refractivity (Wildman–Crippen MR) is 68.3 cm³/mol. The van der Waals surface area contributed by atoms with Gasteiger partial charge in [0.25, 0.3) is 0 Å². The minimum atomic E-state index is -0.403. The molecule has 0 spiro atoms. The largest absolute Gasteiger partial charge is 0.394 e. The van der Waals surface area contributed by atoms with Gasteiger partial charge in [-0.3, -0.25) is 9.69 Å². The van der Waals surface area contributed by atoms with Gasteiger partial charge in [0.15, 0.2) is 0 Å². The summed E-state index contributed by atoms with van der Waals surface area (Å²) in [7, 11) is 1.89. The molecular formula is C13H24N2O3. The summed E-state index contributed by atoms with van der Waals surface area (Å²) in [6.07, 6.45) is 2.27. The Hall–Kier alpha value is -0.650. The first-order chi connectivity index (χ1) is 8.45. The SMILES string of the molecule is CN1CC(C)(C)N(CC2CCCO2)C(=O)C1CO. The second kappa shape index (κ2) is 5.15. The minimum Gasteiger partial charge on any atom is -0.394 e. The Morgan fingerprint density at radius 1 is 1.50 bits per heavy atom. The number of hydrogen-bond acceptors (Lipinski definition) is 4. The molecule has 2 fully saturated rings. The number of nitrogens with zero attached hydrogens (tertiary/aromatic N) is 2. The first-order valence-electron chi connectivity index (χ1n) is 6.70. The monoisotopic (exact) mass is 256 g/mol. The van der Waals surface area contributed by atoms with Crippen LogP contribution in [0, 0.1) is 0 Å². The van der Waals surface area contributed by atoms with Crippen LogP contribution in [-0.2, 0) is 9.53 Å². The Labute approximate surface area is 109 Å². The molecule has 0 radical (unpaired) electrons. The van der Waals surface area contributed by atoms with E-state index in [0.717, 1.165) is 26.0 Å². The Kier molecular flexibility index (Phi) is 3.94. The van der Waals surface area contributed by atoms with Crippen LogP contribution in [0.25, 0.3) is 0 Å². The molecule has 0 aromatic heterocycles. The molecule has 0 bridgehead atoms. The summed E-state index contributed by atoms with van der Waals surface area (Å²) in [4.78, 5) is 16.3. The molecule has 0 aromatic carbocycles. The van der Waals surface area contributed by atoms with E-state index in [0.29, 0.717) is 6.54 Å². The summed E-state index contributed by atoms with van der Waals surface area (Å²) in [6.45, 7) is 6.25. The van der Waals surface area contributed by atoms with Crippen molar-refractivity contribution in [2.45, 2.75) is 44.4 Å². The summed E-state index contributed by atoms with van der Waals surface area (Å²) in [5.41, 5.74) is -0.205. The van der Waals surface area contributed by atoms with Gasteiger partial charge in [0.2, 0.25) is 5.91 Å². The van der Waals surface area contributed by atoms with Crippen molar-refractivity contribution >= 4 is 5.91 Å². The Morgan fingerprint density at radius 3 is 2.78 bits per heavy atom. The number of aliphatic hydroxyl groups excluding tert-OH is 1. The Balaban J connectivity index is 2.11. The van der Waals surface area contributed by atoms with Crippen molar-refractivity contribution in [3.05, 3.63) is 0 Å². The molecule has 5 nitrogen and oxygen atoms in total. The fraction of sp³-hybridized carbons (Fsp3) is 0.923. The van der Waals surface area contributed by atoms with Crippen LogP contribution in [0.15, 0.2) is 0 Å². The Morgan fingerprint density at radius 2 is 2.22 bits per heavy atom. The first-order valence-corrected chi connectivity index (χ1v) is 6.70. The van der Waals surface area contributed by atoms with Crippen LogP contribution in [0.4, 0.5) is 0 Å². The quantitative estimate of drug-likeness (QED) is 0.777. The van der Waals surface area contributed by atoms with E-state index < -0.39 is 6.04 Å². The van der Waals surface area contributed by atoms with E-state index in [9.17, 15) is 9.90 Å². The highest BCUT2D eigenvalue weighted by atomic mass is 16.5. The standard InChI is InChI=1S/C13H24N2O3/c1-13(2)9-14(3)11(8-16)12(17)15(13)7-10-5-4-6-18-10/h10-11,16H,4-9H2,1-3H3. The van der Waals surface area contributed by atoms with Gasteiger partial charge in [0.1, 0.15) is 6.04 Å². The molecule has 1 amide bonds. The summed E-state index contributed by atoms with van der Waals surface area (Å²) >= 11 is 0. The molecule has 2 atom stereocenters. The lowest BCUT2D eigenvalue weighted by Crippen LogP contribution is -2.67. The third-order valence-electron chi connectivity index (χ3n) is 4.03. The van der Waals surface area contributed by atoms with Crippen molar-refractivity contribution in [1.29, 1.82) is 0 Å². The second-order valence-electron chi connectivity index (χ2n) is 6.01. The number of amides is 1. The fourth-order valence-electron chi connectivity index (χ4n) is 3.02. The molecule has 0 saturated carbocycles. The molecule has 2 rings (SSSR count). The van der Waals surface area contributed by atoms with Gasteiger partial charge in [-0.15, -0.1) is 0 Å². The average molecular weight is 256 g/mol. The number of piperazine rings is 1. The zero-order valence-corrected chi connectivity index (χ0v) is 11.6. The summed E-state index contributed by atoms with van der Waals surface area (Å²) in [6, 6.07) is -0.403. The predicted octanol–water partition coefficient (Wildman–Crippen LogP) is 0.0789. The van der Waals surface area contributed by atoms with Crippen molar-refractivity contribution in [2.75, 3.05) is 33.4 Å². The zero-order chi connectivity index (χ0) is 13.3. The van der Waals surface area contributed by atoms with Gasteiger partial charge in [0, 0.05) is 19.7 Å². The minimum absolute atomic E-state index is 0.0201. The van der Waals surface area contributed by atoms with E-state index in [1.54, 1.807) is 0 Å². The highest BCUT2D eigenvalue weighted by Crippen LogP contribution is 2.26. The van der Waals surface area contributed by atoms with Crippen molar-refractivity contribution < 1.29 is 14.6 Å². The van der Waals surface area contributed by atoms with E-state index in [1.165, 1.54) is 0 Å². The van der Waals surface area contributed by atoms with E-state index in [-0.39, 0.29) is 24.2 Å². The van der Waals surface area contributed by atoms with Gasteiger partial charge in [-0.05, 0) is 33.7 Å². The molecule has 5 heteroatoms. The highest BCUT2D eigenvalue weighted by molar-refractivity contribution is 5.83. The fourth-order valence-corrected chi connectivity index (χ4v) is 3.02. The van der Waals surface area contributed by atoms with Crippen molar-refractivity contribution in [1.82, 2.24) is 9.80 Å². The molecule has 2 heterocycles. The number of rotatable bonds is 3. The highest BCUT2D eigenvalue weighted by Gasteiger charge is 2.43. The smallest absolute Gasteiger partial charge is 0.242 e. The van der Waals surface area contributed by atoms with Crippen LogP contribution in [0.1, 0.15) is 26.7 Å². The lowest BCUT2D eigenvalue weighted by molar-refractivity contribution is -0.155. The number of likely N-dealkylation sites (N-methyl/N-ethyl adjacent to an activating group) is 1. The van der Waals surface area contributed by atoms with Gasteiger partial charge in [-0.25, -0.2) is 0 Å². The third kappa shape index (κ3) is 2.53. The molecule has 18 heavy (non-hydrogen) atoms. The molecule has 0 aromatic rings. The molecule has 2 saturated heterocycles. The van der Waals surface area contributed by atoms with Crippen molar-refractivity contribution in [2.24, 2.45) is 0 Å². The normalized spacial score (nSPS) is 33.1. The van der Waals surface area contributed by atoms with Crippen LogP contribution in [0.2, 0.25) is 0 Å². The average Bonchev–Trinajstić information content (AvgIpc) is 2.76. The van der Waals surface area contributed by atoms with Gasteiger partial charge in [-0.2, -0.15) is 0 Å². The van der Waals surface area contributed by atoms with Gasteiger partial charge in [-0.1, -0.05) is 0 Å². The summed E-state index contributed by atoms with van der Waals surface area (Å²) in [5.74, 6) is 0.0201. The molecule has 0 aliphatic carbocycles. The number of carbonyl (C=O) groups excluding carboxylic acids is 1. The second-order valence-corrected chi connectivity index (χ2v) is 6.01. The van der Waals surface area contributed by atoms with Crippen LogP contribution in [-0.4, -0.2) is 71.8 Å². The van der Waals surface area contributed by atoms with Crippen molar-refractivity contribution in [3.63, 3.8) is 0 Å². The lowest BCUT2D eigenvalue weighted by Gasteiger charge is -2.49. The molecule has 2 aliphatic heterocycles.